The molecule has 1 rings (SSSR count). The molecule has 0 spiro atoms. The Kier molecular flexibility index (Phi) is 2.33. The number of hydrogen-bond donors (Lipinski definition) is 1. The van der Waals surface area contributed by atoms with Gasteiger partial charge in [0.15, 0.2) is 0 Å². The van der Waals surface area contributed by atoms with Crippen molar-refractivity contribution in [3.8, 4) is 0 Å². The Hall–Kier alpha value is -1.51. The maximum Gasteiger partial charge on any atom is 0.354 e. The molecule has 0 aliphatic carbocycles. The van der Waals surface area contributed by atoms with E-state index >= 15 is 0 Å². The average Bonchev–Trinajstić information content (AvgIpc) is 2.33. The Morgan fingerprint density at radius 1 is 1.75 bits per heavy atom. The molecule has 1 aromatic heterocycles. The molecule has 0 aromatic carbocycles. The summed E-state index contributed by atoms with van der Waals surface area (Å²) in [6, 6.07) is 1.63. The standard InChI is InChI=1S/C9H11NO2.H2/c1-4-12-9(11)8-5-6(2)7(3)10-8;/h5,10H,2-4H2,1H3;1H. The number of carbonyl (C=O) groups is 1. The van der Waals surface area contributed by atoms with Crippen molar-refractivity contribution in [2.75, 3.05) is 6.61 Å². The van der Waals surface area contributed by atoms with E-state index in [1.54, 1.807) is 13.0 Å². The molecule has 1 N–H and O–H groups in total. The fourth-order valence-electron chi connectivity index (χ4n) is 0.859. The van der Waals surface area contributed by atoms with Crippen LogP contribution in [0.5, 0.6) is 0 Å². The summed E-state index contributed by atoms with van der Waals surface area (Å²) in [7, 11) is 0. The van der Waals surface area contributed by atoms with Crippen molar-refractivity contribution in [2.24, 2.45) is 0 Å². The summed E-state index contributed by atoms with van der Waals surface area (Å²) >= 11 is 0. The molecule has 0 amide bonds. The molecule has 1 heterocycles. The van der Waals surface area contributed by atoms with Crippen LogP contribution in [0.1, 0.15) is 18.8 Å². The van der Waals surface area contributed by atoms with Gasteiger partial charge in [-0.2, -0.15) is 0 Å². The maximum atomic E-state index is 11.1. The second-order valence-electron chi connectivity index (χ2n) is 2.41. The largest absolute Gasteiger partial charge is 0.461 e. The van der Waals surface area contributed by atoms with Gasteiger partial charge in [-0.15, -0.1) is 0 Å². The fraction of sp³-hybridized carbons (Fsp3) is 0.222. The van der Waals surface area contributed by atoms with Crippen molar-refractivity contribution in [1.29, 1.82) is 0 Å². The molecular weight excluding hydrogens is 154 g/mol. The molecule has 0 saturated carbocycles. The van der Waals surface area contributed by atoms with Gasteiger partial charge in [-0.3, -0.25) is 0 Å². The van der Waals surface area contributed by atoms with E-state index in [0.717, 1.165) is 5.22 Å². The highest BCUT2D eigenvalue weighted by atomic mass is 16.5. The van der Waals surface area contributed by atoms with Gasteiger partial charge in [0.25, 0.3) is 0 Å². The average molecular weight is 167 g/mol. The van der Waals surface area contributed by atoms with Gasteiger partial charge in [0.2, 0.25) is 0 Å². The lowest BCUT2D eigenvalue weighted by atomic mass is 10.4. The molecule has 0 unspecified atom stereocenters. The Labute approximate surface area is 71.8 Å². The zero-order chi connectivity index (χ0) is 9.14. The van der Waals surface area contributed by atoms with Gasteiger partial charge in [-0.25, -0.2) is 4.79 Å². The smallest absolute Gasteiger partial charge is 0.354 e. The van der Waals surface area contributed by atoms with Crippen LogP contribution in [0.15, 0.2) is 6.07 Å². The third-order valence-corrected chi connectivity index (χ3v) is 1.49. The molecule has 0 fully saturated rings. The van der Waals surface area contributed by atoms with Crippen LogP contribution in [0.2, 0.25) is 0 Å². The summed E-state index contributed by atoms with van der Waals surface area (Å²) < 4.78 is 4.77. The third-order valence-electron chi connectivity index (χ3n) is 1.49. The number of ether oxygens (including phenoxy) is 1. The highest BCUT2D eigenvalue weighted by molar-refractivity contribution is 5.87. The summed E-state index contributed by atoms with van der Waals surface area (Å²) in [5.41, 5.74) is 0.409. The molecule has 0 radical (unpaired) electrons. The predicted octanol–water partition coefficient (Wildman–Crippen LogP) is 0.258. The number of esters is 1. The van der Waals surface area contributed by atoms with Crippen LogP contribution in [-0.2, 0) is 4.74 Å². The Bertz CT molecular complexity index is 355. The molecule has 3 heteroatoms. The van der Waals surface area contributed by atoms with E-state index in [0.29, 0.717) is 17.6 Å². The van der Waals surface area contributed by atoms with Gasteiger partial charge < -0.3 is 9.72 Å². The summed E-state index contributed by atoms with van der Waals surface area (Å²) in [4.78, 5) is 13.9. The summed E-state index contributed by atoms with van der Waals surface area (Å²) in [6.07, 6.45) is 0. The number of aromatic nitrogens is 1. The van der Waals surface area contributed by atoms with Gasteiger partial charge in [0.1, 0.15) is 5.69 Å². The van der Waals surface area contributed by atoms with Crippen molar-refractivity contribution in [3.05, 3.63) is 22.3 Å². The summed E-state index contributed by atoms with van der Waals surface area (Å²) in [5.74, 6) is -0.364. The Morgan fingerprint density at radius 3 is 2.83 bits per heavy atom. The van der Waals surface area contributed by atoms with E-state index in [9.17, 15) is 4.79 Å². The van der Waals surface area contributed by atoms with E-state index in [1.165, 1.54) is 0 Å². The number of aromatic amines is 1. The van der Waals surface area contributed by atoms with E-state index in [2.05, 4.69) is 18.1 Å². The van der Waals surface area contributed by atoms with Crippen LogP contribution >= 0.6 is 0 Å². The van der Waals surface area contributed by atoms with Crippen molar-refractivity contribution in [2.45, 2.75) is 6.92 Å². The third kappa shape index (κ3) is 1.56. The summed E-state index contributed by atoms with van der Waals surface area (Å²) in [6.45, 7) is 9.47. The first-order chi connectivity index (χ1) is 5.65. The first-order valence-electron chi connectivity index (χ1n) is 3.69. The maximum absolute atomic E-state index is 11.1. The molecule has 0 saturated heterocycles. The van der Waals surface area contributed by atoms with E-state index < -0.39 is 0 Å². The van der Waals surface area contributed by atoms with Gasteiger partial charge in [0, 0.05) is 6.78 Å². The second kappa shape index (κ2) is 3.26. The Balaban J connectivity index is 0.00000144. The molecule has 0 atom stereocenters. The van der Waals surface area contributed by atoms with Crippen LogP contribution < -0.4 is 10.6 Å². The molecule has 3 nitrogen and oxygen atoms in total. The number of carbonyl (C=O) groups excluding carboxylic acids is 1. The number of rotatable bonds is 2. The first-order valence-corrected chi connectivity index (χ1v) is 3.69. The van der Waals surface area contributed by atoms with E-state index in [1.807, 2.05) is 0 Å². The molecule has 1 aromatic rings. The SMILES string of the molecule is C=c1cc(C(=O)OCC)[nH]c1=C.[HH]. The molecule has 66 valence electrons. The number of nitrogens with one attached hydrogen (secondary N) is 1. The highest BCUT2D eigenvalue weighted by Gasteiger charge is 2.06. The van der Waals surface area contributed by atoms with Crippen molar-refractivity contribution in [3.63, 3.8) is 0 Å². The molecule has 0 aliphatic heterocycles. The normalized spacial score (nSPS) is 9.75. The van der Waals surface area contributed by atoms with Crippen LogP contribution in [0.3, 0.4) is 0 Å². The van der Waals surface area contributed by atoms with E-state index in [-0.39, 0.29) is 7.40 Å². The lowest BCUT2D eigenvalue weighted by Gasteiger charge is -1.96. The Morgan fingerprint density at radius 2 is 2.42 bits per heavy atom. The van der Waals surface area contributed by atoms with Crippen molar-refractivity contribution < 1.29 is 11.0 Å². The lowest BCUT2D eigenvalue weighted by Crippen LogP contribution is -2.17. The van der Waals surface area contributed by atoms with Crippen LogP contribution in [0.25, 0.3) is 13.2 Å². The minimum atomic E-state index is -0.364. The van der Waals surface area contributed by atoms with Crippen LogP contribution in [-0.4, -0.2) is 17.6 Å². The second-order valence-corrected chi connectivity index (χ2v) is 2.41. The quantitative estimate of drug-likeness (QED) is 0.642. The minimum Gasteiger partial charge on any atom is -0.461 e. The summed E-state index contributed by atoms with van der Waals surface area (Å²) in [5, 5.41) is 1.37. The van der Waals surface area contributed by atoms with Gasteiger partial charge in [-0.05, 0) is 18.2 Å². The fourth-order valence-corrected chi connectivity index (χ4v) is 0.859. The highest BCUT2D eigenvalue weighted by Crippen LogP contribution is 1.90. The minimum absolute atomic E-state index is 0. The molecule has 0 bridgehead atoms. The van der Waals surface area contributed by atoms with Gasteiger partial charge >= 0.3 is 5.97 Å². The zero-order valence-corrected chi connectivity index (χ0v) is 7.02. The topological polar surface area (TPSA) is 42.1 Å². The van der Waals surface area contributed by atoms with Gasteiger partial charge in [0.05, 0.1) is 6.61 Å². The van der Waals surface area contributed by atoms with Gasteiger partial charge in [-0.1, -0.05) is 13.2 Å². The number of H-pyrrole nitrogens is 1. The van der Waals surface area contributed by atoms with Crippen molar-refractivity contribution >= 4 is 19.1 Å². The molecular formula is C9H13NO2. The molecule has 12 heavy (non-hydrogen) atoms. The lowest BCUT2D eigenvalue weighted by molar-refractivity contribution is 0.0520. The van der Waals surface area contributed by atoms with E-state index in [4.69, 9.17) is 4.74 Å². The predicted molar refractivity (Wildman–Crippen MR) is 49.2 cm³/mol. The zero-order valence-electron chi connectivity index (χ0n) is 7.02. The monoisotopic (exact) mass is 167 g/mol. The molecule has 0 aliphatic rings. The van der Waals surface area contributed by atoms with Crippen LogP contribution in [0.4, 0.5) is 0 Å². The van der Waals surface area contributed by atoms with Crippen LogP contribution in [0, 0.1) is 0 Å². The number of hydrogen-bond acceptors (Lipinski definition) is 2. The van der Waals surface area contributed by atoms with Crippen molar-refractivity contribution in [1.82, 2.24) is 4.98 Å². The first kappa shape index (κ1) is 8.59.